The Bertz CT molecular complexity index is 605. The SMILES string of the molecule is Cc1cccc(-c2nc(C3CC3)ncc2NCCN)c1. The first-order valence-corrected chi connectivity index (χ1v) is 7.16. The van der Waals surface area contributed by atoms with Crippen molar-refractivity contribution in [3.05, 3.63) is 41.9 Å². The van der Waals surface area contributed by atoms with Crippen LogP contribution in [0.4, 0.5) is 5.69 Å². The van der Waals surface area contributed by atoms with Gasteiger partial charge in [-0.1, -0.05) is 23.8 Å². The Hall–Kier alpha value is -1.94. The summed E-state index contributed by atoms with van der Waals surface area (Å²) in [5, 5.41) is 3.32. The summed E-state index contributed by atoms with van der Waals surface area (Å²) >= 11 is 0. The molecular formula is C16H20N4. The molecule has 0 aliphatic heterocycles. The monoisotopic (exact) mass is 268 g/mol. The van der Waals surface area contributed by atoms with Crippen molar-refractivity contribution in [1.29, 1.82) is 0 Å². The van der Waals surface area contributed by atoms with Crippen LogP contribution < -0.4 is 11.1 Å². The van der Waals surface area contributed by atoms with Gasteiger partial charge in [0.05, 0.1) is 17.6 Å². The maximum absolute atomic E-state index is 5.57. The molecule has 3 rings (SSSR count). The minimum Gasteiger partial charge on any atom is -0.381 e. The number of anilines is 1. The summed E-state index contributed by atoms with van der Waals surface area (Å²) in [6.07, 6.45) is 4.32. The predicted molar refractivity (Wildman–Crippen MR) is 81.7 cm³/mol. The molecule has 0 spiro atoms. The predicted octanol–water partition coefficient (Wildman–Crippen LogP) is 2.70. The molecule has 20 heavy (non-hydrogen) atoms. The maximum Gasteiger partial charge on any atom is 0.132 e. The number of hydrogen-bond donors (Lipinski definition) is 2. The molecule has 4 heteroatoms. The molecular weight excluding hydrogens is 248 g/mol. The third-order valence-corrected chi connectivity index (χ3v) is 3.50. The van der Waals surface area contributed by atoms with Crippen LogP contribution >= 0.6 is 0 Å². The van der Waals surface area contributed by atoms with Crippen LogP contribution in [-0.2, 0) is 0 Å². The average molecular weight is 268 g/mol. The van der Waals surface area contributed by atoms with E-state index in [1.165, 1.54) is 18.4 Å². The van der Waals surface area contributed by atoms with Gasteiger partial charge in [0.1, 0.15) is 5.82 Å². The Balaban J connectivity index is 2.01. The number of aromatic nitrogens is 2. The number of rotatable bonds is 5. The summed E-state index contributed by atoms with van der Waals surface area (Å²) < 4.78 is 0. The highest BCUT2D eigenvalue weighted by atomic mass is 15.0. The van der Waals surface area contributed by atoms with Crippen molar-refractivity contribution in [2.45, 2.75) is 25.7 Å². The van der Waals surface area contributed by atoms with Gasteiger partial charge in [-0.25, -0.2) is 9.97 Å². The topological polar surface area (TPSA) is 63.8 Å². The Morgan fingerprint density at radius 2 is 2.20 bits per heavy atom. The first-order chi connectivity index (χ1) is 9.78. The molecule has 1 heterocycles. The quantitative estimate of drug-likeness (QED) is 0.875. The standard InChI is InChI=1S/C16H20N4/c1-11-3-2-4-13(9-11)15-14(18-8-7-17)10-19-16(20-15)12-5-6-12/h2-4,9-10,12,18H,5-8,17H2,1H3. The van der Waals surface area contributed by atoms with Crippen LogP contribution in [-0.4, -0.2) is 23.1 Å². The number of aryl methyl sites for hydroxylation is 1. The molecule has 0 bridgehead atoms. The maximum atomic E-state index is 5.57. The minimum atomic E-state index is 0.558. The van der Waals surface area contributed by atoms with Gasteiger partial charge in [0, 0.05) is 24.6 Å². The first-order valence-electron chi connectivity index (χ1n) is 7.16. The smallest absolute Gasteiger partial charge is 0.132 e. The van der Waals surface area contributed by atoms with Crippen LogP contribution in [0.1, 0.15) is 30.1 Å². The molecule has 1 fully saturated rings. The summed E-state index contributed by atoms with van der Waals surface area (Å²) in [6.45, 7) is 3.42. The summed E-state index contributed by atoms with van der Waals surface area (Å²) in [7, 11) is 0. The van der Waals surface area contributed by atoms with E-state index in [4.69, 9.17) is 10.7 Å². The first kappa shape index (κ1) is 13.1. The second-order valence-corrected chi connectivity index (χ2v) is 5.35. The van der Waals surface area contributed by atoms with Gasteiger partial charge < -0.3 is 11.1 Å². The fraction of sp³-hybridized carbons (Fsp3) is 0.375. The summed E-state index contributed by atoms with van der Waals surface area (Å²) in [5.74, 6) is 1.53. The summed E-state index contributed by atoms with van der Waals surface area (Å²) in [6, 6.07) is 8.42. The second-order valence-electron chi connectivity index (χ2n) is 5.35. The fourth-order valence-corrected chi connectivity index (χ4v) is 2.28. The summed E-state index contributed by atoms with van der Waals surface area (Å²) in [5.41, 5.74) is 9.89. The van der Waals surface area contributed by atoms with Crippen LogP contribution in [0.5, 0.6) is 0 Å². The number of nitrogens with zero attached hydrogens (tertiary/aromatic N) is 2. The Morgan fingerprint density at radius 3 is 2.90 bits per heavy atom. The van der Waals surface area contributed by atoms with Crippen LogP contribution in [0.15, 0.2) is 30.5 Å². The van der Waals surface area contributed by atoms with Crippen LogP contribution in [0.3, 0.4) is 0 Å². The molecule has 0 radical (unpaired) electrons. The lowest BCUT2D eigenvalue weighted by molar-refractivity contribution is 0.925. The highest BCUT2D eigenvalue weighted by Gasteiger charge is 2.27. The van der Waals surface area contributed by atoms with Crippen molar-refractivity contribution in [3.63, 3.8) is 0 Å². The third kappa shape index (κ3) is 2.80. The van der Waals surface area contributed by atoms with Gasteiger partial charge in [-0.05, 0) is 25.8 Å². The minimum absolute atomic E-state index is 0.558. The third-order valence-electron chi connectivity index (χ3n) is 3.50. The number of hydrogen-bond acceptors (Lipinski definition) is 4. The van der Waals surface area contributed by atoms with Crippen molar-refractivity contribution in [2.24, 2.45) is 5.73 Å². The highest BCUT2D eigenvalue weighted by Crippen LogP contribution is 2.39. The molecule has 0 unspecified atom stereocenters. The van der Waals surface area contributed by atoms with E-state index >= 15 is 0 Å². The molecule has 1 aliphatic rings. The van der Waals surface area contributed by atoms with Crippen molar-refractivity contribution in [2.75, 3.05) is 18.4 Å². The Kier molecular flexibility index (Phi) is 3.65. The Morgan fingerprint density at radius 1 is 1.35 bits per heavy atom. The molecule has 3 N–H and O–H groups in total. The molecule has 1 aromatic heterocycles. The molecule has 4 nitrogen and oxygen atoms in total. The van der Waals surface area contributed by atoms with Crippen LogP contribution in [0.25, 0.3) is 11.3 Å². The zero-order chi connectivity index (χ0) is 13.9. The van der Waals surface area contributed by atoms with Crippen molar-refractivity contribution in [1.82, 2.24) is 9.97 Å². The van der Waals surface area contributed by atoms with Crippen LogP contribution in [0, 0.1) is 6.92 Å². The van der Waals surface area contributed by atoms with Gasteiger partial charge in [0.15, 0.2) is 0 Å². The van der Waals surface area contributed by atoms with Gasteiger partial charge in [-0.3, -0.25) is 0 Å². The van der Waals surface area contributed by atoms with E-state index in [2.05, 4.69) is 41.5 Å². The number of nitrogens with one attached hydrogen (secondary N) is 1. The van der Waals surface area contributed by atoms with Crippen LogP contribution in [0.2, 0.25) is 0 Å². The van der Waals surface area contributed by atoms with Gasteiger partial charge in [-0.2, -0.15) is 0 Å². The molecule has 0 saturated heterocycles. The van der Waals surface area contributed by atoms with Crippen molar-refractivity contribution < 1.29 is 0 Å². The van der Waals surface area contributed by atoms with Crippen molar-refractivity contribution >= 4 is 5.69 Å². The van der Waals surface area contributed by atoms with E-state index in [-0.39, 0.29) is 0 Å². The fourth-order valence-electron chi connectivity index (χ4n) is 2.28. The van der Waals surface area contributed by atoms with Gasteiger partial charge >= 0.3 is 0 Å². The highest BCUT2D eigenvalue weighted by molar-refractivity contribution is 5.74. The number of nitrogens with two attached hydrogens (primary N) is 1. The van der Waals surface area contributed by atoms with E-state index in [0.717, 1.165) is 29.3 Å². The molecule has 1 aliphatic carbocycles. The lowest BCUT2D eigenvalue weighted by atomic mass is 10.1. The lowest BCUT2D eigenvalue weighted by Crippen LogP contribution is -2.14. The van der Waals surface area contributed by atoms with Crippen molar-refractivity contribution in [3.8, 4) is 11.3 Å². The molecule has 1 saturated carbocycles. The van der Waals surface area contributed by atoms with E-state index in [9.17, 15) is 0 Å². The second kappa shape index (κ2) is 5.59. The summed E-state index contributed by atoms with van der Waals surface area (Å²) in [4.78, 5) is 9.27. The largest absolute Gasteiger partial charge is 0.381 e. The van der Waals surface area contributed by atoms with Gasteiger partial charge in [0.25, 0.3) is 0 Å². The van der Waals surface area contributed by atoms with E-state index in [0.29, 0.717) is 12.5 Å². The molecule has 2 aromatic rings. The van der Waals surface area contributed by atoms with E-state index in [1.54, 1.807) is 0 Å². The lowest BCUT2D eigenvalue weighted by Gasteiger charge is -2.12. The van der Waals surface area contributed by atoms with E-state index in [1.807, 2.05) is 6.20 Å². The normalized spacial score (nSPS) is 14.3. The zero-order valence-corrected chi connectivity index (χ0v) is 11.8. The molecule has 0 atom stereocenters. The molecule has 0 amide bonds. The zero-order valence-electron chi connectivity index (χ0n) is 11.8. The van der Waals surface area contributed by atoms with E-state index < -0.39 is 0 Å². The molecule has 104 valence electrons. The van der Waals surface area contributed by atoms with Gasteiger partial charge in [0.2, 0.25) is 0 Å². The average Bonchev–Trinajstić information content (AvgIpc) is 3.29. The Labute approximate surface area is 119 Å². The molecule has 1 aromatic carbocycles. The van der Waals surface area contributed by atoms with Gasteiger partial charge in [-0.15, -0.1) is 0 Å². The number of benzene rings is 1.